The second kappa shape index (κ2) is 5.20. The third kappa shape index (κ3) is 2.61. The summed E-state index contributed by atoms with van der Waals surface area (Å²) in [6.07, 6.45) is 0. The van der Waals surface area contributed by atoms with Crippen LogP contribution < -0.4 is 10.1 Å². The first-order chi connectivity index (χ1) is 10.0. The van der Waals surface area contributed by atoms with E-state index >= 15 is 0 Å². The Balaban J connectivity index is 2.07. The molecule has 0 saturated carbocycles. The Hall–Kier alpha value is -2.36. The topological polar surface area (TPSA) is 38.3 Å². The van der Waals surface area contributed by atoms with Gasteiger partial charge in [-0.3, -0.25) is 4.79 Å². The molecule has 1 aliphatic rings. The van der Waals surface area contributed by atoms with Crippen molar-refractivity contribution in [1.82, 2.24) is 0 Å². The maximum absolute atomic E-state index is 14.3. The van der Waals surface area contributed by atoms with E-state index in [4.69, 9.17) is 4.74 Å². The van der Waals surface area contributed by atoms with Crippen molar-refractivity contribution in [3.63, 3.8) is 0 Å². The molecular formula is C17H16FNO2. The highest BCUT2D eigenvalue weighted by Crippen LogP contribution is 2.35. The average molecular weight is 285 g/mol. The van der Waals surface area contributed by atoms with Gasteiger partial charge in [0, 0.05) is 11.6 Å². The Morgan fingerprint density at radius 2 is 2.05 bits per heavy atom. The molecule has 108 valence electrons. The standard InChI is InChI=1S/C17H16FNO2/c1-10(2)11-4-3-5-12(6-11)13-7-16-15(8-14(13)18)19-17(20)9-21-16/h3-8,10H,9H2,1-2H3,(H,19,20). The lowest BCUT2D eigenvalue weighted by Gasteiger charge is -2.19. The quantitative estimate of drug-likeness (QED) is 0.907. The van der Waals surface area contributed by atoms with Crippen molar-refractivity contribution in [3.05, 3.63) is 47.8 Å². The monoisotopic (exact) mass is 285 g/mol. The summed E-state index contributed by atoms with van der Waals surface area (Å²) in [6, 6.07) is 10.8. The lowest BCUT2D eigenvalue weighted by atomic mass is 9.97. The molecule has 0 atom stereocenters. The second-order valence-electron chi connectivity index (χ2n) is 5.45. The van der Waals surface area contributed by atoms with Crippen LogP contribution in [0.3, 0.4) is 0 Å². The first-order valence-corrected chi connectivity index (χ1v) is 6.91. The van der Waals surface area contributed by atoms with Crippen molar-refractivity contribution in [1.29, 1.82) is 0 Å². The maximum atomic E-state index is 14.3. The number of fused-ring (bicyclic) bond motifs is 1. The summed E-state index contributed by atoms with van der Waals surface area (Å²) in [5.41, 5.74) is 2.82. The van der Waals surface area contributed by atoms with Crippen molar-refractivity contribution < 1.29 is 13.9 Å². The molecule has 2 aromatic carbocycles. The molecule has 0 spiro atoms. The summed E-state index contributed by atoms with van der Waals surface area (Å²) in [7, 11) is 0. The van der Waals surface area contributed by atoms with E-state index in [1.165, 1.54) is 6.07 Å². The number of ether oxygens (including phenoxy) is 1. The summed E-state index contributed by atoms with van der Waals surface area (Å²) >= 11 is 0. The third-order valence-corrected chi connectivity index (χ3v) is 3.57. The van der Waals surface area contributed by atoms with Gasteiger partial charge in [-0.05, 0) is 23.1 Å². The van der Waals surface area contributed by atoms with Gasteiger partial charge in [0.15, 0.2) is 6.61 Å². The molecule has 21 heavy (non-hydrogen) atoms. The van der Waals surface area contributed by atoms with E-state index in [1.807, 2.05) is 24.3 Å². The molecule has 1 heterocycles. The number of nitrogens with one attached hydrogen (secondary N) is 1. The van der Waals surface area contributed by atoms with E-state index in [1.54, 1.807) is 6.07 Å². The molecule has 1 amide bonds. The zero-order chi connectivity index (χ0) is 15.0. The summed E-state index contributed by atoms with van der Waals surface area (Å²) in [5, 5.41) is 2.61. The van der Waals surface area contributed by atoms with Gasteiger partial charge in [0.2, 0.25) is 0 Å². The minimum Gasteiger partial charge on any atom is -0.482 e. The summed E-state index contributed by atoms with van der Waals surface area (Å²) in [6.45, 7) is 4.16. The van der Waals surface area contributed by atoms with Crippen LogP contribution in [0.25, 0.3) is 11.1 Å². The lowest BCUT2D eigenvalue weighted by Crippen LogP contribution is -2.25. The maximum Gasteiger partial charge on any atom is 0.262 e. The van der Waals surface area contributed by atoms with Crippen LogP contribution in [0.4, 0.5) is 10.1 Å². The van der Waals surface area contributed by atoms with Crippen LogP contribution in [0.15, 0.2) is 36.4 Å². The number of halogens is 1. The Labute approximate surface area is 122 Å². The van der Waals surface area contributed by atoms with Crippen LogP contribution in [0.1, 0.15) is 25.3 Å². The zero-order valence-electron chi connectivity index (χ0n) is 11.9. The number of rotatable bonds is 2. The van der Waals surface area contributed by atoms with Crippen LogP contribution in [-0.4, -0.2) is 12.5 Å². The molecule has 1 aliphatic heterocycles. The van der Waals surface area contributed by atoms with E-state index in [0.29, 0.717) is 22.9 Å². The third-order valence-electron chi connectivity index (χ3n) is 3.57. The lowest BCUT2D eigenvalue weighted by molar-refractivity contribution is -0.118. The predicted octanol–water partition coefficient (Wildman–Crippen LogP) is 3.95. The number of benzene rings is 2. The highest BCUT2D eigenvalue weighted by molar-refractivity contribution is 5.96. The Bertz CT molecular complexity index is 710. The van der Waals surface area contributed by atoms with Crippen molar-refractivity contribution in [2.45, 2.75) is 19.8 Å². The van der Waals surface area contributed by atoms with Crippen LogP contribution >= 0.6 is 0 Å². The molecule has 4 heteroatoms. The molecule has 0 saturated heterocycles. The number of hydrogen-bond donors (Lipinski definition) is 1. The first kappa shape index (κ1) is 13.6. The van der Waals surface area contributed by atoms with E-state index in [9.17, 15) is 9.18 Å². The summed E-state index contributed by atoms with van der Waals surface area (Å²) in [5.74, 6) is 0.235. The van der Waals surface area contributed by atoms with Crippen LogP contribution in [0, 0.1) is 5.82 Å². The van der Waals surface area contributed by atoms with Gasteiger partial charge in [0.05, 0.1) is 5.69 Å². The predicted molar refractivity (Wildman–Crippen MR) is 80.0 cm³/mol. The fraction of sp³-hybridized carbons (Fsp3) is 0.235. The highest BCUT2D eigenvalue weighted by atomic mass is 19.1. The van der Waals surface area contributed by atoms with E-state index in [0.717, 1.165) is 11.1 Å². The van der Waals surface area contributed by atoms with Gasteiger partial charge in [0.1, 0.15) is 11.6 Å². The number of anilines is 1. The molecule has 0 aliphatic carbocycles. The zero-order valence-corrected chi connectivity index (χ0v) is 11.9. The number of carbonyl (C=O) groups is 1. The first-order valence-electron chi connectivity index (χ1n) is 6.91. The van der Waals surface area contributed by atoms with E-state index < -0.39 is 0 Å². The van der Waals surface area contributed by atoms with Crippen LogP contribution in [0.2, 0.25) is 0 Å². The van der Waals surface area contributed by atoms with Gasteiger partial charge in [-0.15, -0.1) is 0 Å². The number of carbonyl (C=O) groups excluding carboxylic acids is 1. The van der Waals surface area contributed by atoms with E-state index in [2.05, 4.69) is 19.2 Å². The fourth-order valence-corrected chi connectivity index (χ4v) is 2.39. The SMILES string of the molecule is CC(C)c1cccc(-c2cc3c(cc2F)NC(=O)CO3)c1. The van der Waals surface area contributed by atoms with Gasteiger partial charge < -0.3 is 10.1 Å². The van der Waals surface area contributed by atoms with Crippen LogP contribution in [-0.2, 0) is 4.79 Å². The van der Waals surface area contributed by atoms with Gasteiger partial charge in [-0.1, -0.05) is 38.1 Å². The molecule has 0 aromatic heterocycles. The van der Waals surface area contributed by atoms with E-state index in [-0.39, 0.29) is 18.3 Å². The summed E-state index contributed by atoms with van der Waals surface area (Å²) in [4.78, 5) is 11.3. The molecule has 0 radical (unpaired) electrons. The van der Waals surface area contributed by atoms with Crippen molar-refractivity contribution >= 4 is 11.6 Å². The van der Waals surface area contributed by atoms with Gasteiger partial charge >= 0.3 is 0 Å². The Kier molecular flexibility index (Phi) is 3.37. The minimum atomic E-state index is -0.375. The largest absolute Gasteiger partial charge is 0.482 e. The molecule has 1 N–H and O–H groups in total. The molecule has 2 aromatic rings. The van der Waals surface area contributed by atoms with Gasteiger partial charge in [-0.2, -0.15) is 0 Å². The second-order valence-corrected chi connectivity index (χ2v) is 5.45. The van der Waals surface area contributed by atoms with Gasteiger partial charge in [-0.25, -0.2) is 4.39 Å². The average Bonchev–Trinajstić information content (AvgIpc) is 2.46. The molecule has 3 rings (SSSR count). The fourth-order valence-electron chi connectivity index (χ4n) is 2.39. The Morgan fingerprint density at radius 1 is 1.24 bits per heavy atom. The molecule has 0 bridgehead atoms. The van der Waals surface area contributed by atoms with Crippen molar-refractivity contribution in [3.8, 4) is 16.9 Å². The normalized spacial score (nSPS) is 13.6. The molecule has 0 fully saturated rings. The number of amides is 1. The van der Waals surface area contributed by atoms with Crippen LogP contribution in [0.5, 0.6) is 5.75 Å². The molecular weight excluding hydrogens is 269 g/mol. The molecule has 3 nitrogen and oxygen atoms in total. The number of hydrogen-bond acceptors (Lipinski definition) is 2. The minimum absolute atomic E-state index is 0.0376. The summed E-state index contributed by atoms with van der Waals surface area (Å²) < 4.78 is 19.7. The highest BCUT2D eigenvalue weighted by Gasteiger charge is 2.19. The Morgan fingerprint density at radius 3 is 2.81 bits per heavy atom. The molecule has 0 unspecified atom stereocenters. The van der Waals surface area contributed by atoms with Crippen molar-refractivity contribution in [2.75, 3.05) is 11.9 Å². The van der Waals surface area contributed by atoms with Crippen molar-refractivity contribution in [2.24, 2.45) is 0 Å². The van der Waals surface area contributed by atoms with Gasteiger partial charge in [0.25, 0.3) is 5.91 Å². The smallest absolute Gasteiger partial charge is 0.262 e.